The van der Waals surface area contributed by atoms with Crippen LogP contribution in [0.4, 0.5) is 0 Å². The number of aliphatic hydroxyl groups excluding tert-OH is 1. The Morgan fingerprint density at radius 2 is 1.72 bits per heavy atom. The van der Waals surface area contributed by atoms with Crippen LogP contribution in [0, 0.1) is 11.8 Å². The third-order valence-corrected chi connectivity index (χ3v) is 5.44. The number of likely N-dealkylation sites (N-methyl/N-ethyl adjacent to an activating group) is 1. The minimum atomic E-state index is -1.12. The minimum absolute atomic E-state index is 0.253. The Morgan fingerprint density at radius 3 is 2.31 bits per heavy atom. The van der Waals surface area contributed by atoms with E-state index >= 15 is 0 Å². The summed E-state index contributed by atoms with van der Waals surface area (Å²) in [5, 5.41) is 10.8. The fourth-order valence-corrected chi connectivity index (χ4v) is 3.31. The minimum Gasteiger partial charge on any atom is -0.462 e. The van der Waals surface area contributed by atoms with Gasteiger partial charge < -0.3 is 19.5 Å². The van der Waals surface area contributed by atoms with E-state index in [0.717, 1.165) is 5.56 Å². The number of nitrogens with zero attached hydrogens (tertiary/aromatic N) is 1. The van der Waals surface area contributed by atoms with Gasteiger partial charge in [0.05, 0.1) is 24.5 Å². The number of rotatable bonds is 3. The van der Waals surface area contributed by atoms with Crippen LogP contribution in [0.1, 0.15) is 39.7 Å². The molecule has 1 aromatic carbocycles. The first kappa shape index (κ1) is 22.9. The van der Waals surface area contributed by atoms with Crippen molar-refractivity contribution in [3.8, 4) is 0 Å². The molecule has 0 bridgehead atoms. The molecule has 1 aliphatic heterocycles. The van der Waals surface area contributed by atoms with Crippen molar-refractivity contribution < 1.29 is 29.0 Å². The number of aliphatic hydroxyl groups is 1. The Kier molecular flexibility index (Phi) is 7.79. The third kappa shape index (κ3) is 5.79. The first-order valence-corrected chi connectivity index (χ1v) is 10.0. The second-order valence-electron chi connectivity index (χ2n) is 8.06. The highest BCUT2D eigenvalue weighted by Crippen LogP contribution is 2.22. The smallest absolute Gasteiger partial charge is 0.313 e. The third-order valence-electron chi connectivity index (χ3n) is 5.44. The molecular formula is C22H31NO6. The molecule has 160 valence electrons. The topological polar surface area (TPSA) is 93.1 Å². The standard InChI is InChI=1S/C22H31NO6/c1-13(2)20-21(26)23(5)17(11-16-9-7-6-8-10-16)18(24)12-19(25)28-15(4)14(3)22(27)29-20/h6-10,13-15,17-18,20,24H,11-12H2,1-5H3/t14-,15?,17-,18+,20-/m0/s1. The van der Waals surface area contributed by atoms with E-state index in [1.54, 1.807) is 34.7 Å². The second-order valence-corrected chi connectivity index (χ2v) is 8.06. The molecule has 1 saturated heterocycles. The van der Waals surface area contributed by atoms with Gasteiger partial charge in [-0.2, -0.15) is 0 Å². The Labute approximate surface area is 172 Å². The van der Waals surface area contributed by atoms with Gasteiger partial charge in [-0.05, 0) is 31.7 Å². The van der Waals surface area contributed by atoms with Crippen molar-refractivity contribution in [2.75, 3.05) is 7.05 Å². The van der Waals surface area contributed by atoms with Crippen LogP contribution >= 0.6 is 0 Å². The van der Waals surface area contributed by atoms with Gasteiger partial charge in [0.15, 0.2) is 6.10 Å². The van der Waals surface area contributed by atoms with E-state index in [2.05, 4.69) is 0 Å². The van der Waals surface area contributed by atoms with Gasteiger partial charge in [0.1, 0.15) is 6.10 Å². The van der Waals surface area contributed by atoms with E-state index in [9.17, 15) is 19.5 Å². The molecule has 7 nitrogen and oxygen atoms in total. The molecule has 1 unspecified atom stereocenters. The van der Waals surface area contributed by atoms with E-state index in [0.29, 0.717) is 6.42 Å². The Balaban J connectivity index is 2.39. The number of hydrogen-bond donors (Lipinski definition) is 1. The van der Waals surface area contributed by atoms with Crippen LogP contribution in [0.3, 0.4) is 0 Å². The van der Waals surface area contributed by atoms with Crippen molar-refractivity contribution in [1.82, 2.24) is 4.90 Å². The molecule has 1 aliphatic rings. The average molecular weight is 405 g/mol. The van der Waals surface area contributed by atoms with Gasteiger partial charge in [0, 0.05) is 7.05 Å². The van der Waals surface area contributed by atoms with Gasteiger partial charge in [0.25, 0.3) is 5.91 Å². The SMILES string of the molecule is CC1OC(=O)C[C@@H](O)[C@H](Cc2ccccc2)N(C)C(=O)[C@H](C(C)C)OC(=O)[C@H]1C. The maximum atomic E-state index is 13.2. The van der Waals surface area contributed by atoms with E-state index in [-0.39, 0.29) is 12.3 Å². The molecule has 0 saturated carbocycles. The number of hydrogen-bond acceptors (Lipinski definition) is 6. The molecule has 0 spiro atoms. The summed E-state index contributed by atoms with van der Waals surface area (Å²) in [5.41, 5.74) is 0.914. The summed E-state index contributed by atoms with van der Waals surface area (Å²) in [4.78, 5) is 39.4. The molecule has 1 amide bonds. The molecule has 7 heteroatoms. The summed E-state index contributed by atoms with van der Waals surface area (Å²) in [6.45, 7) is 6.78. The summed E-state index contributed by atoms with van der Waals surface area (Å²) < 4.78 is 10.8. The summed E-state index contributed by atoms with van der Waals surface area (Å²) in [5.74, 6) is -2.59. The van der Waals surface area contributed by atoms with Crippen LogP contribution in [-0.4, -0.2) is 59.3 Å². The highest BCUT2D eigenvalue weighted by molar-refractivity contribution is 5.85. The molecule has 2 rings (SSSR count). The van der Waals surface area contributed by atoms with Crippen LogP contribution in [0.15, 0.2) is 30.3 Å². The van der Waals surface area contributed by atoms with Crippen molar-refractivity contribution in [2.45, 2.75) is 64.9 Å². The normalized spacial score (nSPS) is 29.7. The van der Waals surface area contributed by atoms with E-state index < -0.39 is 48.1 Å². The first-order valence-electron chi connectivity index (χ1n) is 10.0. The number of benzene rings is 1. The Bertz CT molecular complexity index is 719. The lowest BCUT2D eigenvalue weighted by Gasteiger charge is -2.36. The van der Waals surface area contributed by atoms with Crippen molar-refractivity contribution >= 4 is 17.8 Å². The summed E-state index contributed by atoms with van der Waals surface area (Å²) in [6.07, 6.45) is -2.75. The number of esters is 2. The van der Waals surface area contributed by atoms with E-state index in [4.69, 9.17) is 9.47 Å². The zero-order valence-electron chi connectivity index (χ0n) is 17.7. The maximum absolute atomic E-state index is 13.2. The molecule has 5 atom stereocenters. The molecule has 0 aliphatic carbocycles. The predicted octanol–water partition coefficient (Wildman–Crippen LogP) is 1.96. The quantitative estimate of drug-likeness (QED) is 0.773. The number of ether oxygens (including phenoxy) is 2. The zero-order chi connectivity index (χ0) is 21.7. The van der Waals surface area contributed by atoms with Crippen LogP contribution in [0.2, 0.25) is 0 Å². The van der Waals surface area contributed by atoms with Crippen molar-refractivity contribution in [1.29, 1.82) is 0 Å². The maximum Gasteiger partial charge on any atom is 0.313 e. The number of carbonyl (C=O) groups excluding carboxylic acids is 3. The summed E-state index contributed by atoms with van der Waals surface area (Å²) >= 11 is 0. The Morgan fingerprint density at radius 1 is 1.10 bits per heavy atom. The number of carbonyl (C=O) groups is 3. The highest BCUT2D eigenvalue weighted by Gasteiger charge is 2.38. The zero-order valence-corrected chi connectivity index (χ0v) is 17.7. The fraction of sp³-hybridized carbons (Fsp3) is 0.591. The van der Waals surface area contributed by atoms with Crippen molar-refractivity contribution in [3.63, 3.8) is 0 Å². The Hall–Kier alpha value is -2.41. The molecule has 1 heterocycles. The molecule has 1 aromatic rings. The van der Waals surface area contributed by atoms with E-state index in [1.165, 1.54) is 4.90 Å². The van der Waals surface area contributed by atoms with Crippen molar-refractivity contribution in [2.24, 2.45) is 11.8 Å². The molecule has 0 radical (unpaired) electrons. The first-order chi connectivity index (χ1) is 13.6. The molecule has 0 aromatic heterocycles. The lowest BCUT2D eigenvalue weighted by molar-refractivity contribution is -0.175. The molecular weight excluding hydrogens is 374 g/mol. The van der Waals surface area contributed by atoms with Gasteiger partial charge in [-0.1, -0.05) is 44.2 Å². The van der Waals surface area contributed by atoms with Crippen LogP contribution in [0.25, 0.3) is 0 Å². The monoisotopic (exact) mass is 405 g/mol. The predicted molar refractivity (Wildman–Crippen MR) is 107 cm³/mol. The number of cyclic esters (lactones) is 2. The fourth-order valence-electron chi connectivity index (χ4n) is 3.31. The lowest BCUT2D eigenvalue weighted by atomic mass is 9.96. The summed E-state index contributed by atoms with van der Waals surface area (Å²) in [7, 11) is 1.56. The van der Waals surface area contributed by atoms with Crippen LogP contribution in [-0.2, 0) is 30.3 Å². The largest absolute Gasteiger partial charge is 0.462 e. The molecule has 29 heavy (non-hydrogen) atoms. The average Bonchev–Trinajstić information content (AvgIpc) is 2.67. The van der Waals surface area contributed by atoms with Gasteiger partial charge >= 0.3 is 11.9 Å². The molecule has 1 fully saturated rings. The second kappa shape index (κ2) is 9.87. The molecule has 1 N–H and O–H groups in total. The van der Waals surface area contributed by atoms with E-state index in [1.807, 2.05) is 30.3 Å². The van der Waals surface area contributed by atoms with Crippen LogP contribution < -0.4 is 0 Å². The van der Waals surface area contributed by atoms with Crippen molar-refractivity contribution in [3.05, 3.63) is 35.9 Å². The van der Waals surface area contributed by atoms with Gasteiger partial charge in [-0.15, -0.1) is 0 Å². The lowest BCUT2D eigenvalue weighted by Crippen LogP contribution is -2.53. The van der Waals surface area contributed by atoms with Gasteiger partial charge in [-0.25, -0.2) is 0 Å². The van der Waals surface area contributed by atoms with Gasteiger partial charge in [0.2, 0.25) is 0 Å². The highest BCUT2D eigenvalue weighted by atomic mass is 16.6. The summed E-state index contributed by atoms with van der Waals surface area (Å²) in [6, 6.07) is 8.73. The number of amides is 1. The van der Waals surface area contributed by atoms with Crippen LogP contribution in [0.5, 0.6) is 0 Å². The van der Waals surface area contributed by atoms with Gasteiger partial charge in [-0.3, -0.25) is 14.4 Å².